The molecule has 3 nitrogen and oxygen atoms in total. The fraction of sp³-hybridized carbons (Fsp3) is 0.148. The molecule has 0 atom stereocenters. The summed E-state index contributed by atoms with van der Waals surface area (Å²) in [6, 6.07) is 61.8. The van der Waals surface area contributed by atoms with Gasteiger partial charge in [-0.15, -0.1) is 0 Å². The highest BCUT2D eigenvalue weighted by molar-refractivity contribution is 6.10. The van der Waals surface area contributed by atoms with Crippen molar-refractivity contribution in [2.75, 3.05) is 0 Å². The lowest BCUT2D eigenvalue weighted by Crippen LogP contribution is -2.19. The molecule has 3 heterocycles. The monoisotopic (exact) mass is 823 g/mol. The van der Waals surface area contributed by atoms with Crippen LogP contribution in [0.4, 0.5) is 0 Å². The molecule has 0 bridgehead atoms. The zero-order valence-electron chi connectivity index (χ0n) is 37.3. The third kappa shape index (κ3) is 4.77. The number of fused-ring (bicyclic) bond motifs is 13. The zero-order chi connectivity index (χ0) is 43.2. The van der Waals surface area contributed by atoms with Gasteiger partial charge in [0.15, 0.2) is 0 Å². The lowest BCUT2D eigenvalue weighted by atomic mass is 9.79. The van der Waals surface area contributed by atoms with Gasteiger partial charge >= 0.3 is 0 Å². The zero-order valence-corrected chi connectivity index (χ0v) is 37.3. The second-order valence-corrected chi connectivity index (χ2v) is 19.1. The molecular formula is C61H49N3. The molecule has 0 saturated carbocycles. The molecule has 0 unspecified atom stereocenters. The molecular weight excluding hydrogens is 775 g/mol. The van der Waals surface area contributed by atoms with Crippen molar-refractivity contribution >= 4 is 60.6 Å². The van der Waals surface area contributed by atoms with Crippen molar-refractivity contribution in [2.24, 2.45) is 0 Å². The number of allylic oxidation sites excluding steroid dienone is 1. The van der Waals surface area contributed by atoms with Crippen LogP contribution >= 0.6 is 0 Å². The highest BCUT2D eigenvalue weighted by atomic mass is 15.0. The second kappa shape index (κ2) is 13.1. The molecule has 13 rings (SSSR count). The average Bonchev–Trinajstić information content (AvgIpc) is 4.05. The topological polar surface area (TPSA) is 14.8 Å². The minimum atomic E-state index is -0.296. The molecule has 64 heavy (non-hydrogen) atoms. The second-order valence-electron chi connectivity index (χ2n) is 19.1. The van der Waals surface area contributed by atoms with E-state index in [0.717, 1.165) is 6.42 Å². The molecule has 0 fully saturated rings. The number of aromatic nitrogens is 3. The Labute approximate surface area is 374 Å². The van der Waals surface area contributed by atoms with E-state index in [-0.39, 0.29) is 10.8 Å². The summed E-state index contributed by atoms with van der Waals surface area (Å²) >= 11 is 0. The lowest BCUT2D eigenvalue weighted by Gasteiger charge is -2.27. The van der Waals surface area contributed by atoms with Crippen molar-refractivity contribution in [1.82, 2.24) is 13.7 Å². The quantitative estimate of drug-likeness (QED) is 0.164. The van der Waals surface area contributed by atoms with Gasteiger partial charge in [-0.1, -0.05) is 138 Å². The fourth-order valence-corrected chi connectivity index (χ4v) is 12.3. The van der Waals surface area contributed by atoms with Gasteiger partial charge in [0.25, 0.3) is 0 Å². The van der Waals surface area contributed by atoms with Crippen molar-refractivity contribution < 1.29 is 0 Å². The predicted molar refractivity (Wildman–Crippen MR) is 271 cm³/mol. The van der Waals surface area contributed by atoms with Crippen LogP contribution in [0.3, 0.4) is 0 Å². The van der Waals surface area contributed by atoms with E-state index in [1.54, 1.807) is 0 Å². The highest BCUT2D eigenvalue weighted by Crippen LogP contribution is 2.58. The summed E-state index contributed by atoms with van der Waals surface area (Å²) in [6.45, 7) is 14.2. The van der Waals surface area contributed by atoms with E-state index in [1.807, 2.05) is 0 Å². The first-order chi connectivity index (χ1) is 31.2. The molecule has 308 valence electrons. The molecule has 11 aromatic rings. The van der Waals surface area contributed by atoms with Crippen molar-refractivity contribution in [3.05, 3.63) is 203 Å². The Morgan fingerprint density at radius 2 is 0.875 bits per heavy atom. The summed E-state index contributed by atoms with van der Waals surface area (Å²) in [5.41, 5.74) is 22.8. The number of rotatable bonds is 5. The van der Waals surface area contributed by atoms with Gasteiger partial charge in [-0.05, 0) is 136 Å². The maximum atomic E-state index is 2.58. The van der Waals surface area contributed by atoms with E-state index >= 15 is 0 Å². The van der Waals surface area contributed by atoms with Crippen LogP contribution in [-0.4, -0.2) is 13.7 Å². The largest absolute Gasteiger partial charge is 0.309 e. The Morgan fingerprint density at radius 3 is 1.41 bits per heavy atom. The molecule has 2 aliphatic rings. The normalized spacial score (nSPS) is 14.7. The van der Waals surface area contributed by atoms with Crippen LogP contribution in [0, 0.1) is 0 Å². The Hall–Kier alpha value is -7.36. The SMILES string of the molecule is C/C=C\c1c(CC)c2ccccc2n1-c1cc(-n2c3ccccc3c3ccccc32)cc2c1C(C)(C)c1cc3c(cc1-2)C(C)(C)c1cc(-n2c4ccccc4c4ccccc42)ccc1-3. The maximum Gasteiger partial charge on any atom is 0.0541 e. The number of benzene rings is 8. The molecule has 8 aromatic carbocycles. The van der Waals surface area contributed by atoms with E-state index < -0.39 is 0 Å². The van der Waals surface area contributed by atoms with Crippen LogP contribution in [0.15, 0.2) is 170 Å². The standard InChI is InChI=1S/C61H49N3/c1-7-19-52-39(8-2)41-20-9-18-29-57(41)64(52)58-34-38(63-55-27-16-12-23-44(55)45-24-13-17-28-56(45)63)32-48-47-36-50-46(35-51(47)61(5,6)59(48)58)40-31-30-37(33-49(40)60(50,3)4)62-53-25-14-10-21-42(53)43-22-11-15-26-54(43)62/h7,9-36H,8H2,1-6H3/b19-7-. The Kier molecular flexibility index (Phi) is 7.61. The van der Waals surface area contributed by atoms with E-state index in [0.29, 0.717) is 0 Å². The first-order valence-electron chi connectivity index (χ1n) is 23.0. The van der Waals surface area contributed by atoms with E-state index in [9.17, 15) is 0 Å². The van der Waals surface area contributed by atoms with Gasteiger partial charge in [0.05, 0.1) is 33.3 Å². The predicted octanol–water partition coefficient (Wildman–Crippen LogP) is 16.0. The third-order valence-corrected chi connectivity index (χ3v) is 15.1. The summed E-state index contributed by atoms with van der Waals surface area (Å²) in [4.78, 5) is 0. The number of hydrogen-bond acceptors (Lipinski definition) is 0. The molecule has 0 N–H and O–H groups in total. The number of hydrogen-bond donors (Lipinski definition) is 0. The summed E-state index contributed by atoms with van der Waals surface area (Å²) in [5, 5.41) is 6.44. The average molecular weight is 824 g/mol. The van der Waals surface area contributed by atoms with Crippen molar-refractivity contribution in [3.8, 4) is 39.3 Å². The lowest BCUT2D eigenvalue weighted by molar-refractivity contribution is 0.649. The first-order valence-corrected chi connectivity index (χ1v) is 23.0. The maximum absolute atomic E-state index is 2.58. The third-order valence-electron chi connectivity index (χ3n) is 15.1. The number of nitrogens with zero attached hydrogens (tertiary/aromatic N) is 3. The first kappa shape index (κ1) is 37.2. The smallest absolute Gasteiger partial charge is 0.0541 e. The van der Waals surface area contributed by atoms with Crippen LogP contribution in [0.1, 0.15) is 75.1 Å². The summed E-state index contributed by atoms with van der Waals surface area (Å²) < 4.78 is 7.55. The summed E-state index contributed by atoms with van der Waals surface area (Å²) in [5.74, 6) is 0. The van der Waals surface area contributed by atoms with Crippen LogP contribution in [0.2, 0.25) is 0 Å². The van der Waals surface area contributed by atoms with E-state index in [2.05, 4.69) is 231 Å². The molecule has 3 heteroatoms. The van der Waals surface area contributed by atoms with Crippen molar-refractivity contribution in [3.63, 3.8) is 0 Å². The molecule has 0 spiro atoms. The Bertz CT molecular complexity index is 3730. The Morgan fingerprint density at radius 1 is 0.422 bits per heavy atom. The number of para-hydroxylation sites is 5. The minimum Gasteiger partial charge on any atom is -0.309 e. The van der Waals surface area contributed by atoms with Gasteiger partial charge in [0, 0.05) is 54.8 Å². The van der Waals surface area contributed by atoms with Crippen molar-refractivity contribution in [2.45, 2.75) is 58.8 Å². The Balaban J connectivity index is 1.08. The summed E-state index contributed by atoms with van der Waals surface area (Å²) in [6.07, 6.45) is 5.48. The van der Waals surface area contributed by atoms with Gasteiger partial charge < -0.3 is 13.7 Å². The minimum absolute atomic E-state index is 0.222. The molecule has 0 aliphatic heterocycles. The van der Waals surface area contributed by atoms with Crippen LogP contribution in [0.5, 0.6) is 0 Å². The summed E-state index contributed by atoms with van der Waals surface area (Å²) in [7, 11) is 0. The van der Waals surface area contributed by atoms with Crippen LogP contribution in [0.25, 0.3) is 99.9 Å². The van der Waals surface area contributed by atoms with Crippen LogP contribution in [-0.2, 0) is 17.3 Å². The van der Waals surface area contributed by atoms with Gasteiger partial charge in [0.2, 0.25) is 0 Å². The van der Waals surface area contributed by atoms with Crippen molar-refractivity contribution in [1.29, 1.82) is 0 Å². The molecule has 2 aliphatic carbocycles. The molecule has 0 saturated heterocycles. The van der Waals surface area contributed by atoms with Gasteiger partial charge in [-0.2, -0.15) is 0 Å². The molecule has 0 radical (unpaired) electrons. The van der Waals surface area contributed by atoms with E-state index in [4.69, 9.17) is 0 Å². The fourth-order valence-electron chi connectivity index (χ4n) is 12.3. The van der Waals surface area contributed by atoms with Gasteiger partial charge in [0.1, 0.15) is 0 Å². The number of aryl methyl sites for hydroxylation is 1. The molecule has 0 amide bonds. The van der Waals surface area contributed by atoms with Gasteiger partial charge in [-0.25, -0.2) is 0 Å². The highest BCUT2D eigenvalue weighted by Gasteiger charge is 2.44. The van der Waals surface area contributed by atoms with Gasteiger partial charge in [-0.3, -0.25) is 0 Å². The van der Waals surface area contributed by atoms with Crippen LogP contribution < -0.4 is 0 Å². The molecule has 3 aromatic heterocycles. The van der Waals surface area contributed by atoms with E-state index in [1.165, 1.54) is 127 Å².